The van der Waals surface area contributed by atoms with Gasteiger partial charge in [-0.3, -0.25) is 4.79 Å². The molecule has 0 bridgehead atoms. The van der Waals surface area contributed by atoms with Crippen LogP contribution in [-0.2, 0) is 17.4 Å². The summed E-state index contributed by atoms with van der Waals surface area (Å²) in [6.07, 6.45) is -3.48. The van der Waals surface area contributed by atoms with Crippen LogP contribution >= 0.6 is 11.6 Å². The molecule has 1 N–H and O–H groups in total. The molecule has 1 amide bonds. The zero-order valence-corrected chi connectivity index (χ0v) is 20.0. The van der Waals surface area contributed by atoms with Gasteiger partial charge in [-0.15, -0.1) is 0 Å². The molecule has 186 valence electrons. The molecular formula is C25H24ClF4N3O2. The Morgan fingerprint density at radius 1 is 1.09 bits per heavy atom. The maximum Gasteiger partial charge on any atom is 0.433 e. The summed E-state index contributed by atoms with van der Waals surface area (Å²) in [5.74, 6) is -1.69. The van der Waals surface area contributed by atoms with Crippen molar-refractivity contribution in [3.8, 4) is 5.88 Å². The third kappa shape index (κ3) is 7.14. The van der Waals surface area contributed by atoms with Gasteiger partial charge in [-0.2, -0.15) is 13.2 Å². The van der Waals surface area contributed by atoms with Gasteiger partial charge in [-0.1, -0.05) is 35.9 Å². The van der Waals surface area contributed by atoms with Gasteiger partial charge in [0.1, 0.15) is 12.1 Å². The van der Waals surface area contributed by atoms with E-state index in [1.165, 1.54) is 26.0 Å². The van der Waals surface area contributed by atoms with Crippen LogP contribution in [0.5, 0.6) is 5.88 Å². The average Bonchev–Trinajstić information content (AvgIpc) is 2.78. The molecule has 2 unspecified atom stereocenters. The van der Waals surface area contributed by atoms with Crippen LogP contribution in [0.15, 0.2) is 60.9 Å². The Balaban J connectivity index is 1.79. The van der Waals surface area contributed by atoms with Crippen molar-refractivity contribution in [3.05, 3.63) is 88.6 Å². The standard InChI is InChI=1S/C25H24ClF4N3O2/c1-15(20(17-5-4-6-19(27)12-17)11-16-7-9-18(26)10-8-16)33-23(34)24(2,3)35-22-13-21(25(28,29)30)31-14-32-22/h4-10,12-15,20H,11H2,1-3H3,(H,33,34). The van der Waals surface area contributed by atoms with Crippen LogP contribution in [0.25, 0.3) is 0 Å². The molecule has 0 saturated carbocycles. The molecule has 0 radical (unpaired) electrons. The maximum atomic E-state index is 14.0. The van der Waals surface area contributed by atoms with Crippen LogP contribution in [-0.4, -0.2) is 27.5 Å². The van der Waals surface area contributed by atoms with Gasteiger partial charge < -0.3 is 10.1 Å². The van der Waals surface area contributed by atoms with Gasteiger partial charge in [-0.25, -0.2) is 14.4 Å². The van der Waals surface area contributed by atoms with E-state index in [2.05, 4.69) is 15.3 Å². The summed E-state index contributed by atoms with van der Waals surface area (Å²) >= 11 is 5.98. The van der Waals surface area contributed by atoms with Crippen molar-refractivity contribution in [2.75, 3.05) is 0 Å². The van der Waals surface area contributed by atoms with E-state index in [4.69, 9.17) is 16.3 Å². The number of ether oxygens (including phenoxy) is 1. The second-order valence-electron chi connectivity index (χ2n) is 8.61. The van der Waals surface area contributed by atoms with Crippen molar-refractivity contribution in [3.63, 3.8) is 0 Å². The van der Waals surface area contributed by atoms with Gasteiger partial charge in [0.05, 0.1) is 0 Å². The van der Waals surface area contributed by atoms with Crippen molar-refractivity contribution in [2.24, 2.45) is 0 Å². The Morgan fingerprint density at radius 2 is 1.77 bits per heavy atom. The SMILES string of the molecule is CC(NC(=O)C(C)(C)Oc1cc(C(F)(F)F)ncn1)C(Cc1ccc(Cl)cc1)c1cccc(F)c1. The number of alkyl halides is 3. The average molecular weight is 510 g/mol. The first-order chi connectivity index (χ1) is 16.3. The Kier molecular flexibility index (Phi) is 8.00. The molecule has 5 nitrogen and oxygen atoms in total. The smallest absolute Gasteiger partial charge is 0.433 e. The van der Waals surface area contributed by atoms with E-state index in [0.29, 0.717) is 23.1 Å². The van der Waals surface area contributed by atoms with Crippen LogP contribution in [0.1, 0.15) is 43.5 Å². The summed E-state index contributed by atoms with van der Waals surface area (Å²) in [4.78, 5) is 19.9. The minimum absolute atomic E-state index is 0.317. The topological polar surface area (TPSA) is 64.1 Å². The van der Waals surface area contributed by atoms with Crippen molar-refractivity contribution >= 4 is 17.5 Å². The molecule has 35 heavy (non-hydrogen) atoms. The number of carbonyl (C=O) groups excluding carboxylic acids is 1. The van der Waals surface area contributed by atoms with Gasteiger partial charge in [0, 0.05) is 23.0 Å². The Labute approximate surface area is 205 Å². The third-order valence-corrected chi connectivity index (χ3v) is 5.70. The molecule has 0 fully saturated rings. The quantitative estimate of drug-likeness (QED) is 0.380. The monoisotopic (exact) mass is 509 g/mol. The molecule has 1 aromatic heterocycles. The van der Waals surface area contributed by atoms with E-state index in [9.17, 15) is 22.4 Å². The summed E-state index contributed by atoms with van der Waals surface area (Å²) in [6, 6.07) is 13.4. The van der Waals surface area contributed by atoms with Gasteiger partial charge >= 0.3 is 6.18 Å². The van der Waals surface area contributed by atoms with Crippen LogP contribution in [0.3, 0.4) is 0 Å². The maximum absolute atomic E-state index is 14.0. The van der Waals surface area contributed by atoms with Gasteiger partial charge in [0.25, 0.3) is 5.91 Å². The summed E-state index contributed by atoms with van der Waals surface area (Å²) in [7, 11) is 0. The molecule has 0 spiro atoms. The number of nitrogens with one attached hydrogen (secondary N) is 1. The predicted molar refractivity (Wildman–Crippen MR) is 124 cm³/mol. The highest BCUT2D eigenvalue weighted by Gasteiger charge is 2.36. The summed E-state index contributed by atoms with van der Waals surface area (Å²) in [5.41, 5.74) is -1.13. The second-order valence-corrected chi connectivity index (χ2v) is 9.04. The first-order valence-corrected chi connectivity index (χ1v) is 11.1. The fraction of sp³-hybridized carbons (Fsp3) is 0.320. The summed E-state index contributed by atoms with van der Waals surface area (Å²) in [5, 5.41) is 3.44. The van der Waals surface area contributed by atoms with Crippen molar-refractivity contribution in [2.45, 2.75) is 50.9 Å². The van der Waals surface area contributed by atoms with Crippen LogP contribution in [0.4, 0.5) is 17.6 Å². The molecule has 2 atom stereocenters. The minimum Gasteiger partial charge on any atom is -0.461 e. The highest BCUT2D eigenvalue weighted by Crippen LogP contribution is 2.30. The fourth-order valence-electron chi connectivity index (χ4n) is 3.53. The number of benzene rings is 2. The largest absolute Gasteiger partial charge is 0.461 e. The van der Waals surface area contributed by atoms with Gasteiger partial charge in [0.15, 0.2) is 11.3 Å². The Hall–Kier alpha value is -3.20. The number of halogens is 5. The molecular weight excluding hydrogens is 486 g/mol. The highest BCUT2D eigenvalue weighted by molar-refractivity contribution is 6.30. The Bertz CT molecular complexity index is 1170. The first-order valence-electron chi connectivity index (χ1n) is 10.7. The third-order valence-electron chi connectivity index (χ3n) is 5.45. The molecule has 0 aliphatic carbocycles. The number of nitrogens with zero attached hydrogens (tertiary/aromatic N) is 2. The number of rotatable bonds is 8. The van der Waals surface area contributed by atoms with E-state index in [1.807, 2.05) is 12.1 Å². The lowest BCUT2D eigenvalue weighted by atomic mass is 9.86. The molecule has 0 aliphatic rings. The van der Waals surface area contributed by atoms with E-state index in [0.717, 1.165) is 11.9 Å². The fourth-order valence-corrected chi connectivity index (χ4v) is 3.66. The Morgan fingerprint density at radius 3 is 2.40 bits per heavy atom. The van der Waals surface area contributed by atoms with Crippen LogP contribution in [0.2, 0.25) is 5.02 Å². The number of aromatic nitrogens is 2. The molecule has 0 saturated heterocycles. The van der Waals surface area contributed by atoms with Crippen molar-refractivity contribution < 1.29 is 27.1 Å². The minimum atomic E-state index is -4.68. The number of hydrogen-bond acceptors (Lipinski definition) is 4. The molecule has 10 heteroatoms. The first kappa shape index (κ1) is 26.4. The van der Waals surface area contributed by atoms with E-state index in [1.54, 1.807) is 31.2 Å². The molecule has 0 aliphatic heterocycles. The molecule has 3 rings (SSSR count). The van der Waals surface area contributed by atoms with Crippen molar-refractivity contribution in [1.29, 1.82) is 0 Å². The van der Waals surface area contributed by atoms with Crippen LogP contribution < -0.4 is 10.1 Å². The number of amides is 1. The number of hydrogen-bond donors (Lipinski definition) is 1. The van der Waals surface area contributed by atoms with Crippen molar-refractivity contribution in [1.82, 2.24) is 15.3 Å². The molecule has 2 aromatic carbocycles. The summed E-state index contributed by atoms with van der Waals surface area (Å²) in [6.45, 7) is 4.60. The zero-order valence-electron chi connectivity index (χ0n) is 19.2. The van der Waals surface area contributed by atoms with E-state index < -0.39 is 35.2 Å². The van der Waals surface area contributed by atoms with E-state index in [-0.39, 0.29) is 11.8 Å². The van der Waals surface area contributed by atoms with Crippen LogP contribution in [0, 0.1) is 5.82 Å². The molecule has 1 heterocycles. The lowest BCUT2D eigenvalue weighted by Gasteiger charge is -2.30. The zero-order chi connectivity index (χ0) is 25.8. The summed E-state index contributed by atoms with van der Waals surface area (Å²) < 4.78 is 58.3. The lowest BCUT2D eigenvalue weighted by molar-refractivity contribution is -0.141. The number of carbonyl (C=O) groups is 1. The normalized spacial score (nSPS) is 13.7. The van der Waals surface area contributed by atoms with E-state index >= 15 is 0 Å². The predicted octanol–water partition coefficient (Wildman–Crippen LogP) is 5.98. The second kappa shape index (κ2) is 10.6. The van der Waals surface area contributed by atoms with Gasteiger partial charge in [-0.05, 0) is 62.6 Å². The van der Waals surface area contributed by atoms with Gasteiger partial charge in [0.2, 0.25) is 5.88 Å². The lowest BCUT2D eigenvalue weighted by Crippen LogP contribution is -2.51. The highest BCUT2D eigenvalue weighted by atomic mass is 35.5. The molecule has 3 aromatic rings.